The third kappa shape index (κ3) is 6.49. The molecule has 1 aromatic heterocycles. The van der Waals surface area contributed by atoms with Crippen molar-refractivity contribution in [1.82, 2.24) is 20.1 Å². The molecule has 1 heterocycles. The highest BCUT2D eigenvalue weighted by Gasteiger charge is 2.26. The smallest absolute Gasteiger partial charge is 0.251 e. The SMILES string of the molecule is CCn1c(SCC(=O)Nc2ccc(F)cc2)nnc1[C@H](NC(=O)c1ccc(Cl)c(Cl)c1)C(C)C. The Bertz CT molecular complexity index is 1170. The average molecular weight is 524 g/mol. The van der Waals surface area contributed by atoms with Gasteiger partial charge in [0.25, 0.3) is 5.91 Å². The van der Waals surface area contributed by atoms with Gasteiger partial charge in [-0.25, -0.2) is 4.39 Å². The molecule has 2 amide bonds. The number of benzene rings is 2. The van der Waals surface area contributed by atoms with Crippen molar-refractivity contribution in [3.05, 3.63) is 69.7 Å². The van der Waals surface area contributed by atoms with Gasteiger partial charge in [0.2, 0.25) is 5.91 Å². The molecule has 180 valence electrons. The summed E-state index contributed by atoms with van der Waals surface area (Å²) in [6.45, 7) is 6.43. The Hall–Kier alpha value is -2.62. The minimum atomic E-state index is -0.420. The fraction of sp³-hybridized carbons (Fsp3) is 0.304. The fourth-order valence-corrected chi connectivity index (χ4v) is 4.29. The van der Waals surface area contributed by atoms with Crippen LogP contribution >= 0.6 is 35.0 Å². The molecule has 0 bridgehead atoms. The molecule has 0 spiro atoms. The zero-order chi connectivity index (χ0) is 24.8. The van der Waals surface area contributed by atoms with E-state index in [4.69, 9.17) is 23.2 Å². The Balaban J connectivity index is 1.71. The summed E-state index contributed by atoms with van der Waals surface area (Å²) in [5.74, 6) is -0.236. The molecule has 0 unspecified atom stereocenters. The largest absolute Gasteiger partial charge is 0.342 e. The van der Waals surface area contributed by atoms with E-state index in [1.54, 1.807) is 12.1 Å². The number of anilines is 1. The maximum atomic E-state index is 13.0. The normalized spacial score (nSPS) is 12.0. The molecule has 2 aromatic carbocycles. The molecular weight excluding hydrogens is 500 g/mol. The van der Waals surface area contributed by atoms with Gasteiger partial charge >= 0.3 is 0 Å². The lowest BCUT2D eigenvalue weighted by Crippen LogP contribution is -2.33. The van der Waals surface area contributed by atoms with Gasteiger partial charge in [0.1, 0.15) is 5.82 Å². The highest BCUT2D eigenvalue weighted by molar-refractivity contribution is 7.99. The Kier molecular flexibility index (Phi) is 8.93. The zero-order valence-electron chi connectivity index (χ0n) is 18.8. The second kappa shape index (κ2) is 11.7. The first-order valence-corrected chi connectivity index (χ1v) is 12.3. The second-order valence-corrected chi connectivity index (χ2v) is 9.51. The quantitative estimate of drug-likeness (QED) is 0.356. The Morgan fingerprint density at radius 3 is 2.41 bits per heavy atom. The van der Waals surface area contributed by atoms with E-state index in [1.165, 1.54) is 42.1 Å². The second-order valence-electron chi connectivity index (χ2n) is 7.75. The number of rotatable bonds is 9. The van der Waals surface area contributed by atoms with Crippen LogP contribution in [0.25, 0.3) is 0 Å². The predicted molar refractivity (Wildman–Crippen MR) is 133 cm³/mol. The summed E-state index contributed by atoms with van der Waals surface area (Å²) < 4.78 is 14.9. The number of carbonyl (C=O) groups is 2. The summed E-state index contributed by atoms with van der Waals surface area (Å²) in [6.07, 6.45) is 0. The highest BCUT2D eigenvalue weighted by atomic mass is 35.5. The van der Waals surface area contributed by atoms with E-state index in [9.17, 15) is 14.0 Å². The highest BCUT2D eigenvalue weighted by Crippen LogP contribution is 2.27. The van der Waals surface area contributed by atoms with Gasteiger partial charge in [0, 0.05) is 17.8 Å². The molecule has 3 rings (SSSR count). The van der Waals surface area contributed by atoms with E-state index >= 15 is 0 Å². The lowest BCUT2D eigenvalue weighted by atomic mass is 10.0. The molecule has 3 aromatic rings. The first-order chi connectivity index (χ1) is 16.2. The molecule has 34 heavy (non-hydrogen) atoms. The summed E-state index contributed by atoms with van der Waals surface area (Å²) in [5, 5.41) is 15.5. The van der Waals surface area contributed by atoms with Crippen LogP contribution < -0.4 is 10.6 Å². The maximum absolute atomic E-state index is 13.0. The van der Waals surface area contributed by atoms with Crippen LogP contribution in [0.1, 0.15) is 43.0 Å². The minimum Gasteiger partial charge on any atom is -0.342 e. The van der Waals surface area contributed by atoms with E-state index in [0.29, 0.717) is 38.8 Å². The summed E-state index contributed by atoms with van der Waals surface area (Å²) in [7, 11) is 0. The molecule has 0 radical (unpaired) electrons. The molecule has 0 saturated carbocycles. The maximum Gasteiger partial charge on any atom is 0.251 e. The number of halogens is 3. The van der Waals surface area contributed by atoms with Crippen molar-refractivity contribution < 1.29 is 14.0 Å². The van der Waals surface area contributed by atoms with Crippen molar-refractivity contribution in [2.24, 2.45) is 5.92 Å². The number of thioether (sulfide) groups is 1. The van der Waals surface area contributed by atoms with Gasteiger partial charge in [-0.1, -0.05) is 48.8 Å². The van der Waals surface area contributed by atoms with Crippen LogP contribution in [0.15, 0.2) is 47.6 Å². The van der Waals surface area contributed by atoms with Gasteiger partial charge in [-0.05, 0) is 55.3 Å². The van der Waals surface area contributed by atoms with Crippen LogP contribution in [0.4, 0.5) is 10.1 Å². The monoisotopic (exact) mass is 523 g/mol. The number of aromatic nitrogens is 3. The number of nitrogens with one attached hydrogen (secondary N) is 2. The number of hydrogen-bond donors (Lipinski definition) is 2. The number of hydrogen-bond acceptors (Lipinski definition) is 5. The van der Waals surface area contributed by atoms with Crippen molar-refractivity contribution in [2.75, 3.05) is 11.1 Å². The summed E-state index contributed by atoms with van der Waals surface area (Å²) in [5.41, 5.74) is 0.893. The predicted octanol–water partition coefficient (Wildman–Crippen LogP) is 5.60. The van der Waals surface area contributed by atoms with Crippen molar-refractivity contribution >= 4 is 52.5 Å². The standard InChI is InChI=1S/C23H24Cl2FN5O2S/c1-4-31-21(20(13(2)3)28-22(33)14-5-10-17(24)18(25)11-14)29-30-23(31)34-12-19(32)27-16-8-6-15(26)7-9-16/h5-11,13,20H,4,12H2,1-3H3,(H,27,32)(H,28,33)/t20-/m1/s1. The van der Waals surface area contributed by atoms with Gasteiger partial charge in [0.05, 0.1) is 21.8 Å². The molecule has 11 heteroatoms. The van der Waals surface area contributed by atoms with Crippen molar-refractivity contribution in [2.45, 2.75) is 38.5 Å². The Morgan fingerprint density at radius 1 is 1.09 bits per heavy atom. The van der Waals surface area contributed by atoms with E-state index in [-0.39, 0.29) is 29.3 Å². The summed E-state index contributed by atoms with van der Waals surface area (Å²) in [4.78, 5) is 25.2. The molecule has 0 aliphatic rings. The summed E-state index contributed by atoms with van der Waals surface area (Å²) in [6, 6.07) is 9.82. The van der Waals surface area contributed by atoms with Crippen molar-refractivity contribution in [3.63, 3.8) is 0 Å². The Morgan fingerprint density at radius 2 is 1.79 bits per heavy atom. The van der Waals surface area contributed by atoms with Crippen LogP contribution in [0.3, 0.4) is 0 Å². The van der Waals surface area contributed by atoms with E-state index in [0.717, 1.165) is 0 Å². The molecule has 0 aliphatic heterocycles. The molecule has 1 atom stereocenters. The van der Waals surface area contributed by atoms with E-state index in [2.05, 4.69) is 20.8 Å². The molecule has 0 aliphatic carbocycles. The number of carbonyl (C=O) groups excluding carboxylic acids is 2. The molecular formula is C23H24Cl2FN5O2S. The Labute approximate surface area is 211 Å². The third-order valence-corrected chi connectivity index (χ3v) is 6.64. The topological polar surface area (TPSA) is 88.9 Å². The minimum absolute atomic E-state index is 0.0147. The number of amides is 2. The van der Waals surface area contributed by atoms with Gasteiger partial charge < -0.3 is 15.2 Å². The number of nitrogens with zero attached hydrogens (tertiary/aromatic N) is 3. The van der Waals surface area contributed by atoms with Crippen LogP contribution in [0.5, 0.6) is 0 Å². The lowest BCUT2D eigenvalue weighted by molar-refractivity contribution is -0.113. The van der Waals surface area contributed by atoms with Crippen LogP contribution in [-0.4, -0.2) is 32.3 Å². The van der Waals surface area contributed by atoms with E-state index < -0.39 is 6.04 Å². The fourth-order valence-electron chi connectivity index (χ4n) is 3.19. The van der Waals surface area contributed by atoms with Gasteiger partial charge in [-0.2, -0.15) is 0 Å². The first kappa shape index (κ1) is 26.0. The molecule has 0 saturated heterocycles. The van der Waals surface area contributed by atoms with Crippen LogP contribution in [0.2, 0.25) is 10.0 Å². The lowest BCUT2D eigenvalue weighted by Gasteiger charge is -2.22. The molecule has 7 nitrogen and oxygen atoms in total. The van der Waals surface area contributed by atoms with Gasteiger partial charge in [-0.15, -0.1) is 10.2 Å². The third-order valence-electron chi connectivity index (χ3n) is 4.94. The summed E-state index contributed by atoms with van der Waals surface area (Å²) >= 11 is 13.2. The zero-order valence-corrected chi connectivity index (χ0v) is 21.1. The van der Waals surface area contributed by atoms with Crippen LogP contribution in [-0.2, 0) is 11.3 Å². The van der Waals surface area contributed by atoms with Crippen molar-refractivity contribution in [1.29, 1.82) is 0 Å². The van der Waals surface area contributed by atoms with Gasteiger partial charge in [-0.3, -0.25) is 9.59 Å². The molecule has 0 fully saturated rings. The molecule has 2 N–H and O–H groups in total. The first-order valence-electron chi connectivity index (χ1n) is 10.6. The average Bonchev–Trinajstić information content (AvgIpc) is 3.21. The van der Waals surface area contributed by atoms with E-state index in [1.807, 2.05) is 25.3 Å². The van der Waals surface area contributed by atoms with Crippen molar-refractivity contribution in [3.8, 4) is 0 Å². The van der Waals surface area contributed by atoms with Gasteiger partial charge in [0.15, 0.2) is 11.0 Å². The van der Waals surface area contributed by atoms with Crippen LogP contribution in [0, 0.1) is 11.7 Å².